The molecular formula is C14H12ClNO. The molecule has 0 aliphatic carbocycles. The molecule has 0 aliphatic rings. The lowest BCUT2D eigenvalue weighted by Gasteiger charge is -2.10. The molecule has 2 nitrogen and oxygen atoms in total. The Morgan fingerprint density at radius 1 is 1.06 bits per heavy atom. The standard InChI is InChI=1S/C14H12ClNO/c15-12-8-4-7-11(9-12)14(17)13(16)10-5-2-1-3-6-10/h1-9,13H,16H2/t13-/m1/s1. The van der Waals surface area contributed by atoms with Crippen LogP contribution in [0.1, 0.15) is 22.0 Å². The van der Waals surface area contributed by atoms with Gasteiger partial charge in [-0.15, -0.1) is 0 Å². The van der Waals surface area contributed by atoms with Crippen LogP contribution in [0.5, 0.6) is 0 Å². The molecule has 0 saturated carbocycles. The number of nitrogens with two attached hydrogens (primary N) is 1. The van der Waals surface area contributed by atoms with Crippen LogP contribution >= 0.6 is 11.6 Å². The number of benzene rings is 2. The van der Waals surface area contributed by atoms with Gasteiger partial charge in [-0.05, 0) is 17.7 Å². The van der Waals surface area contributed by atoms with Crippen LogP contribution in [-0.4, -0.2) is 5.78 Å². The lowest BCUT2D eigenvalue weighted by atomic mass is 9.98. The Balaban J connectivity index is 2.27. The van der Waals surface area contributed by atoms with E-state index in [0.29, 0.717) is 10.6 Å². The van der Waals surface area contributed by atoms with Crippen LogP contribution in [0.15, 0.2) is 54.6 Å². The third kappa shape index (κ3) is 2.73. The molecule has 2 aromatic rings. The van der Waals surface area contributed by atoms with Crippen LogP contribution in [0, 0.1) is 0 Å². The Morgan fingerprint density at radius 2 is 1.76 bits per heavy atom. The summed E-state index contributed by atoms with van der Waals surface area (Å²) in [5, 5.41) is 0.538. The van der Waals surface area contributed by atoms with Crippen molar-refractivity contribution in [1.82, 2.24) is 0 Å². The second kappa shape index (κ2) is 5.13. The maximum atomic E-state index is 12.1. The van der Waals surface area contributed by atoms with Crippen molar-refractivity contribution in [2.24, 2.45) is 5.73 Å². The molecule has 0 bridgehead atoms. The molecule has 0 aliphatic heterocycles. The number of ketones is 1. The third-order valence-corrected chi connectivity index (χ3v) is 2.79. The summed E-state index contributed by atoms with van der Waals surface area (Å²) in [5.74, 6) is -0.126. The molecule has 0 aromatic heterocycles. The van der Waals surface area contributed by atoms with Gasteiger partial charge in [-0.25, -0.2) is 0 Å². The van der Waals surface area contributed by atoms with Gasteiger partial charge in [-0.3, -0.25) is 4.79 Å². The molecule has 2 aromatic carbocycles. The number of Topliss-reactive ketones (excluding diaryl/α,β-unsaturated/α-hetero) is 1. The van der Waals surface area contributed by atoms with Gasteiger partial charge in [0, 0.05) is 10.6 Å². The second-order valence-electron chi connectivity index (χ2n) is 3.76. The maximum absolute atomic E-state index is 12.1. The summed E-state index contributed by atoms with van der Waals surface area (Å²) in [6, 6.07) is 15.5. The highest BCUT2D eigenvalue weighted by atomic mass is 35.5. The minimum absolute atomic E-state index is 0.126. The van der Waals surface area contributed by atoms with E-state index in [1.54, 1.807) is 24.3 Å². The van der Waals surface area contributed by atoms with Gasteiger partial charge in [0.15, 0.2) is 5.78 Å². The van der Waals surface area contributed by atoms with Crippen molar-refractivity contribution in [3.8, 4) is 0 Å². The number of hydrogen-bond donors (Lipinski definition) is 1. The summed E-state index contributed by atoms with van der Waals surface area (Å²) in [7, 11) is 0. The average molecular weight is 246 g/mol. The van der Waals surface area contributed by atoms with Crippen LogP contribution in [0.25, 0.3) is 0 Å². The Hall–Kier alpha value is -1.64. The molecular weight excluding hydrogens is 234 g/mol. The highest BCUT2D eigenvalue weighted by Crippen LogP contribution is 2.18. The zero-order chi connectivity index (χ0) is 12.3. The van der Waals surface area contributed by atoms with Crippen molar-refractivity contribution in [2.45, 2.75) is 6.04 Å². The normalized spacial score (nSPS) is 12.1. The first-order valence-electron chi connectivity index (χ1n) is 5.29. The van der Waals surface area contributed by atoms with Gasteiger partial charge in [-0.1, -0.05) is 54.1 Å². The smallest absolute Gasteiger partial charge is 0.184 e. The summed E-state index contributed by atoms with van der Waals surface area (Å²) in [5.41, 5.74) is 7.27. The first-order chi connectivity index (χ1) is 8.18. The predicted molar refractivity (Wildman–Crippen MR) is 69.2 cm³/mol. The first-order valence-corrected chi connectivity index (χ1v) is 5.66. The molecule has 0 fully saturated rings. The molecule has 2 N–H and O–H groups in total. The minimum atomic E-state index is -0.644. The summed E-state index contributed by atoms with van der Waals surface area (Å²) < 4.78 is 0. The van der Waals surface area contributed by atoms with Crippen molar-refractivity contribution >= 4 is 17.4 Å². The van der Waals surface area contributed by atoms with E-state index in [1.807, 2.05) is 30.3 Å². The van der Waals surface area contributed by atoms with Crippen LogP contribution in [0.3, 0.4) is 0 Å². The van der Waals surface area contributed by atoms with Crippen molar-refractivity contribution in [3.05, 3.63) is 70.7 Å². The summed E-state index contributed by atoms with van der Waals surface area (Å²) in [4.78, 5) is 12.1. The molecule has 0 unspecified atom stereocenters. The lowest BCUT2D eigenvalue weighted by Crippen LogP contribution is -2.21. The van der Waals surface area contributed by atoms with E-state index in [2.05, 4.69) is 0 Å². The molecule has 1 atom stereocenters. The van der Waals surface area contributed by atoms with E-state index >= 15 is 0 Å². The van der Waals surface area contributed by atoms with E-state index in [0.717, 1.165) is 5.56 Å². The van der Waals surface area contributed by atoms with Crippen LogP contribution in [0.2, 0.25) is 5.02 Å². The van der Waals surface area contributed by atoms with Gasteiger partial charge < -0.3 is 5.73 Å². The molecule has 3 heteroatoms. The third-order valence-electron chi connectivity index (χ3n) is 2.55. The van der Waals surface area contributed by atoms with Gasteiger partial charge in [-0.2, -0.15) is 0 Å². The van der Waals surface area contributed by atoms with Gasteiger partial charge >= 0.3 is 0 Å². The SMILES string of the molecule is N[C@@H](C(=O)c1cccc(Cl)c1)c1ccccc1. The lowest BCUT2D eigenvalue weighted by molar-refractivity contribution is 0.0961. The number of hydrogen-bond acceptors (Lipinski definition) is 2. The molecule has 0 radical (unpaired) electrons. The summed E-state index contributed by atoms with van der Waals surface area (Å²) in [6.45, 7) is 0. The number of halogens is 1. The molecule has 0 spiro atoms. The molecule has 0 saturated heterocycles. The maximum Gasteiger partial charge on any atom is 0.184 e. The van der Waals surface area contributed by atoms with Crippen molar-refractivity contribution in [3.63, 3.8) is 0 Å². The summed E-state index contributed by atoms with van der Waals surface area (Å²) >= 11 is 5.85. The Bertz CT molecular complexity index is 525. The summed E-state index contributed by atoms with van der Waals surface area (Å²) in [6.07, 6.45) is 0. The van der Waals surface area contributed by atoms with Crippen LogP contribution in [-0.2, 0) is 0 Å². The van der Waals surface area contributed by atoms with Gasteiger partial charge in [0.05, 0.1) is 6.04 Å². The average Bonchev–Trinajstić information content (AvgIpc) is 2.38. The monoisotopic (exact) mass is 245 g/mol. The minimum Gasteiger partial charge on any atom is -0.318 e. The fraction of sp³-hybridized carbons (Fsp3) is 0.0714. The fourth-order valence-electron chi connectivity index (χ4n) is 1.63. The topological polar surface area (TPSA) is 43.1 Å². The van der Waals surface area contributed by atoms with Crippen molar-refractivity contribution in [2.75, 3.05) is 0 Å². The molecule has 0 heterocycles. The first kappa shape index (κ1) is 11.8. The van der Waals surface area contributed by atoms with E-state index in [1.165, 1.54) is 0 Å². The van der Waals surface area contributed by atoms with Crippen LogP contribution < -0.4 is 5.73 Å². The second-order valence-corrected chi connectivity index (χ2v) is 4.20. The van der Waals surface area contributed by atoms with Crippen LogP contribution in [0.4, 0.5) is 0 Å². The van der Waals surface area contributed by atoms with Gasteiger partial charge in [0.1, 0.15) is 0 Å². The van der Waals surface area contributed by atoms with Gasteiger partial charge in [0.25, 0.3) is 0 Å². The fourth-order valence-corrected chi connectivity index (χ4v) is 1.82. The highest BCUT2D eigenvalue weighted by molar-refractivity contribution is 6.31. The zero-order valence-electron chi connectivity index (χ0n) is 9.14. The molecule has 0 amide bonds. The zero-order valence-corrected chi connectivity index (χ0v) is 9.89. The molecule has 17 heavy (non-hydrogen) atoms. The Morgan fingerprint density at radius 3 is 2.41 bits per heavy atom. The number of rotatable bonds is 3. The number of carbonyl (C=O) groups excluding carboxylic acids is 1. The Kier molecular flexibility index (Phi) is 3.57. The Labute approximate surface area is 105 Å². The van der Waals surface area contributed by atoms with E-state index in [9.17, 15) is 4.79 Å². The molecule has 2 rings (SSSR count). The predicted octanol–water partition coefficient (Wildman–Crippen LogP) is 3.22. The quantitative estimate of drug-likeness (QED) is 0.844. The van der Waals surface area contributed by atoms with Gasteiger partial charge in [0.2, 0.25) is 0 Å². The molecule has 86 valence electrons. The van der Waals surface area contributed by atoms with E-state index in [4.69, 9.17) is 17.3 Å². The van der Waals surface area contributed by atoms with Crippen molar-refractivity contribution < 1.29 is 4.79 Å². The van der Waals surface area contributed by atoms with E-state index in [-0.39, 0.29) is 5.78 Å². The largest absolute Gasteiger partial charge is 0.318 e. The highest BCUT2D eigenvalue weighted by Gasteiger charge is 2.17. The van der Waals surface area contributed by atoms with E-state index < -0.39 is 6.04 Å². The van der Waals surface area contributed by atoms with Crippen molar-refractivity contribution in [1.29, 1.82) is 0 Å². The number of carbonyl (C=O) groups is 1.